The molecule has 1 aromatic heterocycles. The molecule has 22 heavy (non-hydrogen) atoms. The number of piperidine rings is 1. The van der Waals surface area contributed by atoms with E-state index in [1.54, 1.807) is 0 Å². The zero-order valence-electron chi connectivity index (χ0n) is 13.3. The van der Waals surface area contributed by atoms with Crippen molar-refractivity contribution in [3.63, 3.8) is 0 Å². The molecule has 4 heteroatoms. The SMILES string of the molecule is CC(C)c1c(OCC2CCNCC2)c2ccccc2[nH]c1=O. The molecule has 0 aliphatic carbocycles. The molecule has 0 bridgehead atoms. The summed E-state index contributed by atoms with van der Waals surface area (Å²) in [7, 11) is 0. The van der Waals surface area contributed by atoms with E-state index in [0.29, 0.717) is 12.5 Å². The largest absolute Gasteiger partial charge is 0.492 e. The Kier molecular flexibility index (Phi) is 4.48. The van der Waals surface area contributed by atoms with Gasteiger partial charge in [-0.2, -0.15) is 0 Å². The van der Waals surface area contributed by atoms with Crippen molar-refractivity contribution in [1.82, 2.24) is 10.3 Å². The van der Waals surface area contributed by atoms with E-state index >= 15 is 0 Å². The normalized spacial score (nSPS) is 16.3. The fourth-order valence-corrected chi connectivity index (χ4v) is 3.16. The summed E-state index contributed by atoms with van der Waals surface area (Å²) in [5.74, 6) is 1.48. The van der Waals surface area contributed by atoms with Gasteiger partial charge in [0.1, 0.15) is 5.75 Å². The second kappa shape index (κ2) is 6.53. The minimum absolute atomic E-state index is 0.0333. The van der Waals surface area contributed by atoms with Crippen LogP contribution in [0.25, 0.3) is 10.9 Å². The maximum absolute atomic E-state index is 12.4. The molecule has 1 aliphatic heterocycles. The highest BCUT2D eigenvalue weighted by molar-refractivity contribution is 5.86. The van der Waals surface area contributed by atoms with E-state index in [4.69, 9.17) is 4.74 Å². The van der Waals surface area contributed by atoms with Crippen molar-refractivity contribution < 1.29 is 4.74 Å². The van der Waals surface area contributed by atoms with Crippen molar-refractivity contribution in [3.05, 3.63) is 40.2 Å². The van der Waals surface area contributed by atoms with Gasteiger partial charge in [-0.05, 0) is 49.9 Å². The van der Waals surface area contributed by atoms with Gasteiger partial charge in [0, 0.05) is 5.39 Å². The molecule has 0 amide bonds. The molecular weight excluding hydrogens is 276 g/mol. The molecule has 1 fully saturated rings. The van der Waals surface area contributed by atoms with Crippen molar-refractivity contribution in [2.24, 2.45) is 5.92 Å². The lowest BCUT2D eigenvalue weighted by Gasteiger charge is -2.24. The average Bonchev–Trinajstić information content (AvgIpc) is 2.52. The summed E-state index contributed by atoms with van der Waals surface area (Å²) in [4.78, 5) is 15.4. The second-order valence-corrected chi connectivity index (χ2v) is 6.40. The Morgan fingerprint density at radius 3 is 2.68 bits per heavy atom. The maximum atomic E-state index is 12.4. The zero-order valence-corrected chi connectivity index (χ0v) is 13.3. The fourth-order valence-electron chi connectivity index (χ4n) is 3.16. The number of aromatic nitrogens is 1. The lowest BCUT2D eigenvalue weighted by molar-refractivity contribution is 0.215. The van der Waals surface area contributed by atoms with E-state index in [0.717, 1.165) is 48.1 Å². The van der Waals surface area contributed by atoms with Crippen LogP contribution < -0.4 is 15.6 Å². The van der Waals surface area contributed by atoms with Crippen LogP contribution in [0.5, 0.6) is 5.75 Å². The Morgan fingerprint density at radius 2 is 1.95 bits per heavy atom. The number of rotatable bonds is 4. The van der Waals surface area contributed by atoms with Crippen molar-refractivity contribution in [2.75, 3.05) is 19.7 Å². The van der Waals surface area contributed by atoms with E-state index in [1.165, 1.54) is 0 Å². The molecule has 4 nitrogen and oxygen atoms in total. The number of hydrogen-bond donors (Lipinski definition) is 2. The van der Waals surface area contributed by atoms with Crippen LogP contribution in [0.15, 0.2) is 29.1 Å². The van der Waals surface area contributed by atoms with Gasteiger partial charge >= 0.3 is 0 Å². The summed E-state index contributed by atoms with van der Waals surface area (Å²) in [5, 5.41) is 4.37. The van der Waals surface area contributed by atoms with Gasteiger partial charge in [0.2, 0.25) is 0 Å². The third-order valence-electron chi connectivity index (χ3n) is 4.41. The van der Waals surface area contributed by atoms with Crippen molar-refractivity contribution in [1.29, 1.82) is 0 Å². The van der Waals surface area contributed by atoms with E-state index in [2.05, 4.69) is 10.3 Å². The highest BCUT2D eigenvalue weighted by Gasteiger charge is 2.19. The van der Waals surface area contributed by atoms with Crippen LogP contribution in [0.1, 0.15) is 38.2 Å². The standard InChI is InChI=1S/C18H24N2O2/c1-12(2)16-17(22-11-13-7-9-19-10-8-13)14-5-3-4-6-15(14)20-18(16)21/h3-6,12-13,19H,7-11H2,1-2H3,(H,20,21). The van der Waals surface area contributed by atoms with E-state index in [1.807, 2.05) is 38.1 Å². The average molecular weight is 300 g/mol. The highest BCUT2D eigenvalue weighted by Crippen LogP contribution is 2.31. The van der Waals surface area contributed by atoms with Gasteiger partial charge in [-0.1, -0.05) is 26.0 Å². The third kappa shape index (κ3) is 3.02. The Balaban J connectivity index is 1.97. The minimum atomic E-state index is -0.0333. The van der Waals surface area contributed by atoms with Gasteiger partial charge in [-0.25, -0.2) is 0 Å². The predicted molar refractivity (Wildman–Crippen MR) is 89.7 cm³/mol. The van der Waals surface area contributed by atoms with Crippen molar-refractivity contribution in [3.8, 4) is 5.75 Å². The number of hydrogen-bond acceptors (Lipinski definition) is 3. The van der Waals surface area contributed by atoms with Gasteiger partial charge in [0.05, 0.1) is 17.7 Å². The molecular formula is C18H24N2O2. The minimum Gasteiger partial charge on any atom is -0.492 e. The first-order valence-electron chi connectivity index (χ1n) is 8.15. The van der Waals surface area contributed by atoms with Crippen LogP contribution >= 0.6 is 0 Å². The molecule has 1 aromatic carbocycles. The summed E-state index contributed by atoms with van der Waals surface area (Å²) in [6.45, 7) is 6.88. The van der Waals surface area contributed by atoms with Gasteiger partial charge in [-0.15, -0.1) is 0 Å². The van der Waals surface area contributed by atoms with Gasteiger partial charge in [-0.3, -0.25) is 4.79 Å². The number of para-hydroxylation sites is 1. The summed E-state index contributed by atoms with van der Waals surface area (Å²) in [5.41, 5.74) is 1.57. The topological polar surface area (TPSA) is 54.1 Å². The second-order valence-electron chi connectivity index (χ2n) is 6.40. The van der Waals surface area contributed by atoms with Crippen molar-refractivity contribution >= 4 is 10.9 Å². The fraction of sp³-hybridized carbons (Fsp3) is 0.500. The summed E-state index contributed by atoms with van der Waals surface area (Å²) < 4.78 is 6.18. The number of benzene rings is 1. The van der Waals surface area contributed by atoms with E-state index < -0.39 is 0 Å². The van der Waals surface area contributed by atoms with Crippen LogP contribution in [0.4, 0.5) is 0 Å². The number of fused-ring (bicyclic) bond motifs is 1. The first-order valence-corrected chi connectivity index (χ1v) is 8.15. The third-order valence-corrected chi connectivity index (χ3v) is 4.41. The summed E-state index contributed by atoms with van der Waals surface area (Å²) in [6, 6.07) is 7.87. The van der Waals surface area contributed by atoms with Crippen LogP contribution in [-0.2, 0) is 0 Å². The first-order chi connectivity index (χ1) is 10.7. The van der Waals surface area contributed by atoms with Gasteiger partial charge in [0.25, 0.3) is 5.56 Å². The number of pyridine rings is 1. The molecule has 0 saturated carbocycles. The van der Waals surface area contributed by atoms with Crippen LogP contribution in [0.2, 0.25) is 0 Å². The quantitative estimate of drug-likeness (QED) is 0.912. The smallest absolute Gasteiger partial charge is 0.255 e. The number of H-pyrrole nitrogens is 1. The molecule has 2 heterocycles. The zero-order chi connectivity index (χ0) is 15.5. The van der Waals surface area contributed by atoms with Crippen molar-refractivity contribution in [2.45, 2.75) is 32.6 Å². The van der Waals surface area contributed by atoms with Crippen LogP contribution in [0.3, 0.4) is 0 Å². The predicted octanol–water partition coefficient (Wildman–Crippen LogP) is 3.03. The Hall–Kier alpha value is -1.81. The number of ether oxygens (including phenoxy) is 1. The molecule has 0 radical (unpaired) electrons. The Morgan fingerprint density at radius 1 is 1.23 bits per heavy atom. The Bertz CT molecular complexity index is 700. The number of aromatic amines is 1. The van der Waals surface area contributed by atoms with E-state index in [-0.39, 0.29) is 11.5 Å². The molecule has 2 aromatic rings. The molecule has 0 atom stereocenters. The molecule has 0 unspecified atom stereocenters. The molecule has 1 saturated heterocycles. The van der Waals surface area contributed by atoms with Crippen LogP contribution in [-0.4, -0.2) is 24.7 Å². The lowest BCUT2D eigenvalue weighted by Crippen LogP contribution is -2.31. The van der Waals surface area contributed by atoms with Crippen LogP contribution in [0, 0.1) is 5.92 Å². The van der Waals surface area contributed by atoms with E-state index in [9.17, 15) is 4.79 Å². The maximum Gasteiger partial charge on any atom is 0.255 e. The molecule has 3 rings (SSSR count). The number of nitrogens with one attached hydrogen (secondary N) is 2. The first kappa shape index (κ1) is 15.1. The highest BCUT2D eigenvalue weighted by atomic mass is 16.5. The Labute approximate surface area is 130 Å². The van der Waals surface area contributed by atoms with Gasteiger partial charge < -0.3 is 15.0 Å². The molecule has 1 aliphatic rings. The molecule has 118 valence electrons. The summed E-state index contributed by atoms with van der Waals surface area (Å²) in [6.07, 6.45) is 2.27. The summed E-state index contributed by atoms with van der Waals surface area (Å²) >= 11 is 0. The molecule has 2 N–H and O–H groups in total. The molecule has 0 spiro atoms. The lowest BCUT2D eigenvalue weighted by atomic mass is 9.98. The van der Waals surface area contributed by atoms with Gasteiger partial charge in [0.15, 0.2) is 0 Å². The monoisotopic (exact) mass is 300 g/mol.